The van der Waals surface area contributed by atoms with Gasteiger partial charge >= 0.3 is 0 Å². The molecule has 4 nitrogen and oxygen atoms in total. The number of nitrogens with one attached hydrogen (secondary N) is 1. The molecule has 1 aromatic rings. The third-order valence-electron chi connectivity index (χ3n) is 3.51. The van der Waals surface area contributed by atoms with E-state index in [4.69, 9.17) is 0 Å². The summed E-state index contributed by atoms with van der Waals surface area (Å²) in [4.78, 5) is 4.82. The Morgan fingerprint density at radius 2 is 1.74 bits per heavy atom. The lowest BCUT2D eigenvalue weighted by Gasteiger charge is -2.35. The standard InChI is InChI=1S/C15H26N4/c1-17(2)9-6-10-18-11-13-19(14-12-18)16-15-7-4-3-5-8-15/h3-5,7-8,16H,6,9-14H2,1-2H3. The van der Waals surface area contributed by atoms with E-state index < -0.39 is 0 Å². The van der Waals surface area contributed by atoms with Crippen LogP contribution < -0.4 is 5.43 Å². The van der Waals surface area contributed by atoms with Crippen LogP contribution in [0.25, 0.3) is 0 Å². The largest absolute Gasteiger partial charge is 0.319 e. The van der Waals surface area contributed by atoms with Crippen LogP contribution in [0.4, 0.5) is 5.69 Å². The lowest BCUT2D eigenvalue weighted by atomic mass is 10.3. The van der Waals surface area contributed by atoms with Crippen LogP contribution in [-0.2, 0) is 0 Å². The molecule has 4 heteroatoms. The molecule has 1 fully saturated rings. The number of nitrogens with zero attached hydrogens (tertiary/aromatic N) is 3. The van der Waals surface area contributed by atoms with Gasteiger partial charge in [-0.2, -0.15) is 0 Å². The van der Waals surface area contributed by atoms with E-state index in [1.807, 2.05) is 6.07 Å². The monoisotopic (exact) mass is 262 g/mol. The number of para-hydroxylation sites is 1. The van der Waals surface area contributed by atoms with Crippen molar-refractivity contribution in [2.45, 2.75) is 6.42 Å². The van der Waals surface area contributed by atoms with E-state index in [0.29, 0.717) is 0 Å². The maximum Gasteiger partial charge on any atom is 0.0490 e. The summed E-state index contributed by atoms with van der Waals surface area (Å²) in [6.07, 6.45) is 1.26. The molecule has 0 atom stereocenters. The molecule has 0 aromatic heterocycles. The first kappa shape index (κ1) is 14.3. The zero-order chi connectivity index (χ0) is 13.5. The molecule has 0 saturated carbocycles. The normalized spacial score (nSPS) is 17.8. The number of benzene rings is 1. The van der Waals surface area contributed by atoms with Gasteiger partial charge in [-0.15, -0.1) is 0 Å². The summed E-state index contributed by atoms with van der Waals surface area (Å²) >= 11 is 0. The van der Waals surface area contributed by atoms with Gasteiger partial charge in [-0.1, -0.05) is 18.2 Å². The molecule has 19 heavy (non-hydrogen) atoms. The topological polar surface area (TPSA) is 21.8 Å². The van der Waals surface area contributed by atoms with E-state index in [1.54, 1.807) is 0 Å². The van der Waals surface area contributed by atoms with E-state index in [0.717, 1.165) is 26.2 Å². The number of hydrogen-bond donors (Lipinski definition) is 1. The van der Waals surface area contributed by atoms with Crippen molar-refractivity contribution in [1.82, 2.24) is 14.8 Å². The molecular formula is C15H26N4. The summed E-state index contributed by atoms with van der Waals surface area (Å²) in [7, 11) is 4.28. The van der Waals surface area contributed by atoms with E-state index >= 15 is 0 Å². The Kier molecular flexibility index (Phi) is 5.63. The minimum Gasteiger partial charge on any atom is -0.319 e. The predicted molar refractivity (Wildman–Crippen MR) is 81.2 cm³/mol. The number of hydrogen-bond acceptors (Lipinski definition) is 4. The third-order valence-corrected chi connectivity index (χ3v) is 3.51. The lowest BCUT2D eigenvalue weighted by Crippen LogP contribution is -2.48. The van der Waals surface area contributed by atoms with Gasteiger partial charge in [-0.05, 0) is 45.7 Å². The van der Waals surface area contributed by atoms with E-state index in [2.05, 4.69) is 58.6 Å². The van der Waals surface area contributed by atoms with Crippen LogP contribution in [0.2, 0.25) is 0 Å². The molecule has 1 aromatic carbocycles. The highest BCUT2D eigenvalue weighted by Gasteiger charge is 2.16. The number of rotatable bonds is 6. The predicted octanol–water partition coefficient (Wildman–Crippen LogP) is 1.58. The first-order valence-electron chi connectivity index (χ1n) is 7.18. The number of piperazine rings is 1. The second-order valence-corrected chi connectivity index (χ2v) is 5.46. The molecule has 106 valence electrons. The first-order chi connectivity index (χ1) is 9.24. The van der Waals surface area contributed by atoms with E-state index in [9.17, 15) is 0 Å². The second kappa shape index (κ2) is 7.48. The number of anilines is 1. The molecule has 1 N–H and O–H groups in total. The van der Waals surface area contributed by atoms with Gasteiger partial charge < -0.3 is 15.2 Å². The first-order valence-corrected chi connectivity index (χ1v) is 7.18. The van der Waals surface area contributed by atoms with Gasteiger partial charge in [0.15, 0.2) is 0 Å². The van der Waals surface area contributed by atoms with Gasteiger partial charge in [0.1, 0.15) is 0 Å². The summed E-state index contributed by atoms with van der Waals surface area (Å²) in [5.74, 6) is 0. The minimum atomic E-state index is 1.09. The molecule has 0 bridgehead atoms. The van der Waals surface area contributed by atoms with Crippen LogP contribution in [0, 0.1) is 0 Å². The zero-order valence-corrected chi connectivity index (χ0v) is 12.2. The highest BCUT2D eigenvalue weighted by atomic mass is 15.5. The van der Waals surface area contributed by atoms with Crippen molar-refractivity contribution >= 4 is 5.69 Å². The minimum absolute atomic E-state index is 1.09. The lowest BCUT2D eigenvalue weighted by molar-refractivity contribution is 0.148. The summed E-state index contributed by atoms with van der Waals surface area (Å²) in [5, 5.41) is 2.32. The van der Waals surface area contributed by atoms with Gasteiger partial charge in [0, 0.05) is 31.9 Å². The molecule has 1 heterocycles. The Balaban J connectivity index is 1.65. The molecule has 0 radical (unpaired) electrons. The van der Waals surface area contributed by atoms with Gasteiger partial charge in [0.2, 0.25) is 0 Å². The van der Waals surface area contributed by atoms with Gasteiger partial charge in [0.25, 0.3) is 0 Å². The van der Waals surface area contributed by atoms with Crippen LogP contribution in [0.3, 0.4) is 0 Å². The van der Waals surface area contributed by atoms with Crippen molar-refractivity contribution in [3.8, 4) is 0 Å². The summed E-state index contributed by atoms with van der Waals surface area (Å²) in [5.41, 5.74) is 4.66. The molecule has 0 unspecified atom stereocenters. The average molecular weight is 262 g/mol. The van der Waals surface area contributed by atoms with Crippen LogP contribution in [0.15, 0.2) is 30.3 Å². The highest BCUT2D eigenvalue weighted by Crippen LogP contribution is 2.09. The maximum atomic E-state index is 3.47. The molecule has 2 rings (SSSR count). The fourth-order valence-corrected chi connectivity index (χ4v) is 2.39. The Morgan fingerprint density at radius 1 is 1.05 bits per heavy atom. The molecule has 1 aliphatic rings. The van der Waals surface area contributed by atoms with Crippen molar-refractivity contribution in [2.24, 2.45) is 0 Å². The van der Waals surface area contributed by atoms with Crippen LogP contribution >= 0.6 is 0 Å². The van der Waals surface area contributed by atoms with Crippen molar-refractivity contribution in [3.63, 3.8) is 0 Å². The van der Waals surface area contributed by atoms with Crippen LogP contribution in [0.1, 0.15) is 6.42 Å². The fourth-order valence-electron chi connectivity index (χ4n) is 2.39. The number of hydrazine groups is 1. The Hall–Kier alpha value is -1.10. The fraction of sp³-hybridized carbons (Fsp3) is 0.600. The van der Waals surface area contributed by atoms with Crippen molar-refractivity contribution < 1.29 is 0 Å². The van der Waals surface area contributed by atoms with Crippen LogP contribution in [-0.4, -0.2) is 68.2 Å². The van der Waals surface area contributed by atoms with Gasteiger partial charge in [-0.25, -0.2) is 5.01 Å². The maximum absolute atomic E-state index is 3.47. The van der Waals surface area contributed by atoms with Gasteiger partial charge in [-0.3, -0.25) is 0 Å². The summed E-state index contributed by atoms with van der Waals surface area (Å²) < 4.78 is 0. The highest BCUT2D eigenvalue weighted by molar-refractivity contribution is 5.41. The molecular weight excluding hydrogens is 236 g/mol. The molecule has 0 aliphatic carbocycles. The Labute approximate surface area is 117 Å². The second-order valence-electron chi connectivity index (χ2n) is 5.46. The van der Waals surface area contributed by atoms with Crippen LogP contribution in [0.5, 0.6) is 0 Å². The molecule has 0 amide bonds. The summed E-state index contributed by atoms with van der Waals surface area (Å²) in [6.45, 7) is 6.91. The van der Waals surface area contributed by atoms with Crippen molar-refractivity contribution in [2.75, 3.05) is 58.8 Å². The quantitative estimate of drug-likeness (QED) is 0.840. The van der Waals surface area contributed by atoms with Gasteiger partial charge in [0.05, 0.1) is 0 Å². The molecule has 0 spiro atoms. The molecule has 1 saturated heterocycles. The average Bonchev–Trinajstić information content (AvgIpc) is 2.42. The SMILES string of the molecule is CN(C)CCCN1CCN(Nc2ccccc2)CC1. The smallest absolute Gasteiger partial charge is 0.0490 e. The van der Waals surface area contributed by atoms with E-state index in [-0.39, 0.29) is 0 Å². The van der Waals surface area contributed by atoms with Crippen molar-refractivity contribution in [1.29, 1.82) is 0 Å². The van der Waals surface area contributed by atoms with Crippen molar-refractivity contribution in [3.05, 3.63) is 30.3 Å². The zero-order valence-electron chi connectivity index (χ0n) is 12.2. The molecule has 1 aliphatic heterocycles. The van der Waals surface area contributed by atoms with E-state index in [1.165, 1.54) is 25.2 Å². The third kappa shape index (κ3) is 5.19. The Morgan fingerprint density at radius 3 is 2.37 bits per heavy atom. The summed E-state index contributed by atoms with van der Waals surface area (Å²) in [6, 6.07) is 10.4. The Bertz CT molecular complexity index is 344.